The van der Waals surface area contributed by atoms with Crippen molar-refractivity contribution in [1.82, 2.24) is 8.94 Å². The Balaban J connectivity index is 1.70. The first kappa shape index (κ1) is 19.3. The van der Waals surface area contributed by atoms with E-state index in [4.69, 9.17) is 10.6 Å². The number of fused-ring (bicyclic) bond motifs is 2. The average molecular weight is 431 g/mol. The van der Waals surface area contributed by atoms with Crippen molar-refractivity contribution in [3.63, 3.8) is 0 Å². The summed E-state index contributed by atoms with van der Waals surface area (Å²) < 4.78 is 19.9. The lowest BCUT2D eigenvalue weighted by Gasteiger charge is -2.21. The van der Waals surface area contributed by atoms with Gasteiger partial charge >= 0.3 is 0 Å². The topological polar surface area (TPSA) is 106 Å². The Morgan fingerprint density at radius 2 is 2.17 bits per heavy atom. The van der Waals surface area contributed by atoms with Crippen molar-refractivity contribution in [2.45, 2.75) is 25.3 Å². The van der Waals surface area contributed by atoms with Crippen molar-refractivity contribution in [2.24, 2.45) is 16.8 Å². The van der Waals surface area contributed by atoms with E-state index in [0.29, 0.717) is 35.7 Å². The Hall–Kier alpha value is -2.72. The minimum absolute atomic E-state index is 0.0908. The van der Waals surface area contributed by atoms with E-state index < -0.39 is 16.8 Å². The van der Waals surface area contributed by atoms with Crippen molar-refractivity contribution < 1.29 is 9.23 Å². The molecule has 1 aliphatic heterocycles. The second-order valence-electron chi connectivity index (χ2n) is 7.88. The third-order valence-electron chi connectivity index (χ3n) is 5.94. The van der Waals surface area contributed by atoms with Gasteiger partial charge in [-0.15, -0.1) is 0 Å². The molecule has 0 spiro atoms. The van der Waals surface area contributed by atoms with Crippen molar-refractivity contribution in [1.29, 1.82) is 0 Å². The van der Waals surface area contributed by atoms with Gasteiger partial charge < -0.3 is 20.0 Å². The van der Waals surface area contributed by atoms with E-state index in [2.05, 4.69) is 9.53 Å². The number of hydrogen-bond donors (Lipinski definition) is 2. The normalized spacial score (nSPS) is 20.7. The van der Waals surface area contributed by atoms with E-state index in [9.17, 15) is 9.59 Å². The van der Waals surface area contributed by atoms with Gasteiger partial charge in [0.1, 0.15) is 23.1 Å². The smallest absolute Gasteiger partial charge is 0.271 e. The fraction of sp³-hybridized carbons (Fsp3) is 0.450. The number of nitrogens with one attached hydrogen (secondary N) is 1. The molecule has 1 atom stereocenters. The van der Waals surface area contributed by atoms with Gasteiger partial charge in [0.25, 0.3) is 5.56 Å². The van der Waals surface area contributed by atoms with E-state index in [0.717, 1.165) is 36.5 Å². The molecule has 0 radical (unpaired) electrons. The predicted octanol–water partition coefficient (Wildman–Crippen LogP) is 2.17. The molecule has 10 heteroatoms. The summed E-state index contributed by atoms with van der Waals surface area (Å²) in [6, 6.07) is 3.23. The number of anilines is 1. The SMILES string of the molecule is CON=C1CN(c2cc3c(cc2F)c(=O)c2c(=O)[nH]sc2n3C2CC2)CC1CCN. The maximum Gasteiger partial charge on any atom is 0.271 e. The Bertz CT molecular complexity index is 1290. The fourth-order valence-corrected chi connectivity index (χ4v) is 5.33. The monoisotopic (exact) mass is 431 g/mol. The minimum Gasteiger partial charge on any atom is -0.399 e. The maximum atomic E-state index is 15.2. The summed E-state index contributed by atoms with van der Waals surface area (Å²) in [6.07, 6.45) is 2.68. The summed E-state index contributed by atoms with van der Waals surface area (Å²) in [4.78, 5) is 32.7. The molecule has 3 heterocycles. The van der Waals surface area contributed by atoms with Crippen LogP contribution in [0.25, 0.3) is 21.1 Å². The van der Waals surface area contributed by atoms with E-state index in [1.54, 1.807) is 6.07 Å². The molecule has 2 aliphatic rings. The van der Waals surface area contributed by atoms with Crippen LogP contribution in [0, 0.1) is 11.7 Å². The highest BCUT2D eigenvalue weighted by molar-refractivity contribution is 7.12. The van der Waals surface area contributed by atoms with Crippen molar-refractivity contribution in [3.05, 3.63) is 38.5 Å². The Kier molecular flexibility index (Phi) is 4.62. The molecule has 1 saturated carbocycles. The first-order valence-corrected chi connectivity index (χ1v) is 10.8. The van der Waals surface area contributed by atoms with Crippen molar-refractivity contribution in [2.75, 3.05) is 31.6 Å². The molecule has 1 aliphatic carbocycles. The fourth-order valence-electron chi connectivity index (χ4n) is 4.40. The minimum atomic E-state index is -0.488. The van der Waals surface area contributed by atoms with Crippen LogP contribution in [0.4, 0.5) is 10.1 Å². The number of rotatable bonds is 5. The number of oxime groups is 1. The van der Waals surface area contributed by atoms with Gasteiger partial charge in [0.15, 0.2) is 0 Å². The molecule has 0 bridgehead atoms. The largest absolute Gasteiger partial charge is 0.399 e. The summed E-state index contributed by atoms with van der Waals surface area (Å²) in [5.74, 6) is -0.397. The summed E-state index contributed by atoms with van der Waals surface area (Å²) in [6.45, 7) is 1.52. The summed E-state index contributed by atoms with van der Waals surface area (Å²) in [5, 5.41) is 4.46. The lowest BCUT2D eigenvalue weighted by Crippen LogP contribution is -2.22. The van der Waals surface area contributed by atoms with Gasteiger partial charge in [0, 0.05) is 23.9 Å². The number of nitrogens with two attached hydrogens (primary N) is 1. The number of H-pyrrole nitrogens is 1. The summed E-state index contributed by atoms with van der Waals surface area (Å²) in [5.41, 5.74) is 6.81. The molecule has 2 aromatic heterocycles. The van der Waals surface area contributed by atoms with Crippen LogP contribution in [0.3, 0.4) is 0 Å². The predicted molar refractivity (Wildman–Crippen MR) is 116 cm³/mol. The average Bonchev–Trinajstić information content (AvgIpc) is 3.37. The molecule has 3 aromatic rings. The van der Waals surface area contributed by atoms with Crippen LogP contribution in [0.2, 0.25) is 0 Å². The van der Waals surface area contributed by atoms with Crippen LogP contribution in [-0.4, -0.2) is 41.4 Å². The first-order valence-electron chi connectivity index (χ1n) is 9.97. The molecule has 2 fully saturated rings. The van der Waals surface area contributed by atoms with Gasteiger partial charge in [0.05, 0.1) is 23.5 Å². The van der Waals surface area contributed by atoms with E-state index in [-0.39, 0.29) is 22.7 Å². The van der Waals surface area contributed by atoms with Gasteiger partial charge in [0.2, 0.25) is 5.43 Å². The van der Waals surface area contributed by atoms with Crippen LogP contribution in [0.5, 0.6) is 0 Å². The molecule has 3 N–H and O–H groups in total. The quantitative estimate of drug-likeness (QED) is 0.603. The molecule has 1 saturated heterocycles. The Morgan fingerprint density at radius 1 is 1.37 bits per heavy atom. The standard InChI is InChI=1S/C20H22FN5O3S/c1-29-23-14-9-25(8-10(14)4-5-22)16-7-15-12(6-13(16)21)18(27)17-19(28)24-30-20(17)26(15)11-2-3-11/h6-7,10-11H,2-5,8-9,22H2,1H3,(H,24,28). The number of pyridine rings is 1. The second-order valence-corrected chi connectivity index (χ2v) is 8.68. The van der Waals surface area contributed by atoms with Crippen LogP contribution in [0.15, 0.2) is 26.9 Å². The summed E-state index contributed by atoms with van der Waals surface area (Å²) >= 11 is 1.16. The van der Waals surface area contributed by atoms with Crippen molar-refractivity contribution in [3.8, 4) is 0 Å². The molecule has 5 rings (SSSR count). The number of hydrogen-bond acceptors (Lipinski definition) is 7. The molecule has 1 aromatic carbocycles. The molecule has 1 unspecified atom stereocenters. The van der Waals surface area contributed by atoms with E-state index in [1.807, 2.05) is 9.47 Å². The third-order valence-corrected chi connectivity index (χ3v) is 6.82. The van der Waals surface area contributed by atoms with Crippen molar-refractivity contribution >= 4 is 44.1 Å². The van der Waals surface area contributed by atoms with Gasteiger partial charge in [-0.1, -0.05) is 5.16 Å². The second kappa shape index (κ2) is 7.21. The number of halogens is 1. The lowest BCUT2D eigenvalue weighted by molar-refractivity contribution is 0.211. The van der Waals surface area contributed by atoms with Crippen LogP contribution < -0.4 is 21.6 Å². The molecule has 8 nitrogen and oxygen atoms in total. The zero-order valence-electron chi connectivity index (χ0n) is 16.5. The number of benzene rings is 1. The number of aromatic nitrogens is 2. The lowest BCUT2D eigenvalue weighted by atomic mass is 10.0. The van der Waals surface area contributed by atoms with Crippen LogP contribution in [0.1, 0.15) is 25.3 Å². The number of nitrogens with zero attached hydrogens (tertiary/aromatic N) is 3. The highest BCUT2D eigenvalue weighted by Crippen LogP contribution is 2.41. The van der Waals surface area contributed by atoms with Gasteiger partial charge in [-0.05, 0) is 49.5 Å². The third kappa shape index (κ3) is 2.93. The van der Waals surface area contributed by atoms with Gasteiger partial charge in [-0.3, -0.25) is 14.0 Å². The molecule has 158 valence electrons. The molecule has 30 heavy (non-hydrogen) atoms. The molecular formula is C20H22FN5O3S. The van der Waals surface area contributed by atoms with Crippen LogP contribution in [-0.2, 0) is 4.84 Å². The highest BCUT2D eigenvalue weighted by Gasteiger charge is 2.33. The highest BCUT2D eigenvalue weighted by atomic mass is 32.1. The van der Waals surface area contributed by atoms with Gasteiger partial charge in [-0.25, -0.2) is 4.39 Å². The first-order chi connectivity index (χ1) is 14.5. The van der Waals surface area contributed by atoms with Crippen LogP contribution >= 0.6 is 11.5 Å². The Morgan fingerprint density at radius 3 is 2.87 bits per heavy atom. The zero-order chi connectivity index (χ0) is 21.0. The maximum absolute atomic E-state index is 15.2. The Labute approximate surface area is 174 Å². The van der Waals surface area contributed by atoms with E-state index in [1.165, 1.54) is 13.2 Å². The van der Waals surface area contributed by atoms with Gasteiger partial charge in [-0.2, -0.15) is 0 Å². The zero-order valence-corrected chi connectivity index (χ0v) is 17.3. The van der Waals surface area contributed by atoms with E-state index >= 15 is 4.39 Å². The number of aromatic amines is 1. The summed E-state index contributed by atoms with van der Waals surface area (Å²) in [7, 11) is 1.49. The molecule has 0 amide bonds. The molecular weight excluding hydrogens is 409 g/mol.